The maximum absolute atomic E-state index is 12.0. The minimum absolute atomic E-state index is 0.0179. The zero-order valence-corrected chi connectivity index (χ0v) is 15.9. The van der Waals surface area contributed by atoms with E-state index in [2.05, 4.69) is 10.3 Å². The van der Waals surface area contributed by atoms with E-state index in [1.165, 1.54) is 13.1 Å². The Kier molecular flexibility index (Phi) is 7.88. The molecule has 1 aromatic heterocycles. The molecule has 1 amide bonds. The van der Waals surface area contributed by atoms with E-state index in [1.54, 1.807) is 36.4 Å². The smallest absolute Gasteiger partial charge is 0.310 e. The van der Waals surface area contributed by atoms with Gasteiger partial charge in [0.05, 0.1) is 24.7 Å². The van der Waals surface area contributed by atoms with Crippen molar-refractivity contribution in [2.24, 2.45) is 0 Å². The molecule has 8 heteroatoms. The first-order valence-electron chi connectivity index (χ1n) is 8.45. The number of rotatable bonds is 9. The molecule has 2 rings (SSSR count). The number of esters is 1. The Morgan fingerprint density at radius 3 is 2.37 bits per heavy atom. The number of hydrogen-bond donors (Lipinski definition) is 1. The lowest BCUT2D eigenvalue weighted by atomic mass is 10.3. The second-order valence-corrected chi connectivity index (χ2v) is 5.92. The predicted molar refractivity (Wildman–Crippen MR) is 101 cm³/mol. The molecule has 2 aromatic rings. The van der Waals surface area contributed by atoms with Crippen LogP contribution in [0.15, 0.2) is 42.6 Å². The van der Waals surface area contributed by atoms with Crippen LogP contribution >= 0.6 is 11.6 Å². The Balaban J connectivity index is 1.71. The summed E-state index contributed by atoms with van der Waals surface area (Å²) < 4.78 is 15.9. The molecular weight excluding hydrogens is 372 g/mol. The van der Waals surface area contributed by atoms with Gasteiger partial charge in [-0.3, -0.25) is 9.59 Å². The number of aromatic nitrogens is 1. The Hall–Kier alpha value is -2.80. The minimum atomic E-state index is -0.958. The lowest BCUT2D eigenvalue weighted by Crippen LogP contribution is -2.30. The number of pyridine rings is 1. The number of carbonyl (C=O) groups excluding carboxylic acids is 2. The average molecular weight is 393 g/mol. The highest BCUT2D eigenvalue weighted by Crippen LogP contribution is 2.17. The number of nitrogens with one attached hydrogen (secondary N) is 1. The van der Waals surface area contributed by atoms with Crippen molar-refractivity contribution in [3.8, 4) is 11.5 Å². The molecule has 0 unspecified atom stereocenters. The Bertz CT molecular complexity index is 750. The average Bonchev–Trinajstić information content (AvgIpc) is 2.65. The van der Waals surface area contributed by atoms with Crippen LogP contribution in [0.4, 0.5) is 5.82 Å². The van der Waals surface area contributed by atoms with E-state index < -0.39 is 18.0 Å². The normalized spacial score (nSPS) is 11.4. The van der Waals surface area contributed by atoms with Gasteiger partial charge in [0.1, 0.15) is 17.3 Å². The van der Waals surface area contributed by atoms with Crippen LogP contribution in [0.25, 0.3) is 0 Å². The summed E-state index contributed by atoms with van der Waals surface area (Å²) in [5.41, 5.74) is 0. The highest BCUT2D eigenvalue weighted by atomic mass is 35.5. The van der Waals surface area contributed by atoms with Crippen molar-refractivity contribution in [2.75, 3.05) is 18.5 Å². The Labute approximate surface area is 162 Å². The van der Waals surface area contributed by atoms with E-state index in [1.807, 2.05) is 6.92 Å². The standard InChI is InChI=1S/C19H21ClN2O5/c1-3-25-15-5-7-16(8-6-15)26-11-10-18(23)27-13(2)19(24)22-17-9-4-14(20)12-21-17/h4-9,12-13H,3,10-11H2,1-2H3,(H,21,22,24)/t13-/m0/s1. The summed E-state index contributed by atoms with van der Waals surface area (Å²) in [6.07, 6.45) is 0.469. The number of anilines is 1. The highest BCUT2D eigenvalue weighted by Gasteiger charge is 2.18. The molecule has 0 aliphatic rings. The van der Waals surface area contributed by atoms with Crippen LogP contribution in [0.1, 0.15) is 20.3 Å². The summed E-state index contributed by atoms with van der Waals surface area (Å²) in [6, 6.07) is 10.2. The van der Waals surface area contributed by atoms with Gasteiger partial charge in [-0.05, 0) is 50.2 Å². The topological polar surface area (TPSA) is 86.8 Å². The van der Waals surface area contributed by atoms with Gasteiger partial charge in [-0.2, -0.15) is 0 Å². The molecule has 0 bridgehead atoms. The molecule has 0 aliphatic carbocycles. The summed E-state index contributed by atoms with van der Waals surface area (Å²) in [5, 5.41) is 3.00. The van der Waals surface area contributed by atoms with Crippen LogP contribution in [-0.2, 0) is 14.3 Å². The van der Waals surface area contributed by atoms with Crippen LogP contribution in [0.3, 0.4) is 0 Å². The molecule has 0 aliphatic heterocycles. The second-order valence-electron chi connectivity index (χ2n) is 5.49. The van der Waals surface area contributed by atoms with Crippen LogP contribution in [0.5, 0.6) is 11.5 Å². The van der Waals surface area contributed by atoms with Gasteiger partial charge in [0.2, 0.25) is 0 Å². The lowest BCUT2D eigenvalue weighted by Gasteiger charge is -2.13. The van der Waals surface area contributed by atoms with Crippen LogP contribution in [0.2, 0.25) is 5.02 Å². The number of halogens is 1. The summed E-state index contributed by atoms with van der Waals surface area (Å²) in [6.45, 7) is 4.12. The number of carbonyl (C=O) groups is 2. The van der Waals surface area contributed by atoms with Gasteiger partial charge in [0.25, 0.3) is 5.91 Å². The van der Waals surface area contributed by atoms with E-state index >= 15 is 0 Å². The quantitative estimate of drug-likeness (QED) is 0.657. The molecule has 1 N–H and O–H groups in total. The fraction of sp³-hybridized carbons (Fsp3) is 0.316. The summed E-state index contributed by atoms with van der Waals surface area (Å²) in [7, 11) is 0. The first-order valence-corrected chi connectivity index (χ1v) is 8.83. The number of amides is 1. The van der Waals surface area contributed by atoms with Crippen molar-refractivity contribution in [3.05, 3.63) is 47.6 Å². The van der Waals surface area contributed by atoms with E-state index in [-0.39, 0.29) is 13.0 Å². The van der Waals surface area contributed by atoms with Crippen molar-refractivity contribution >= 4 is 29.3 Å². The first kappa shape index (κ1) is 20.5. The monoisotopic (exact) mass is 392 g/mol. The number of ether oxygens (including phenoxy) is 3. The molecule has 0 saturated heterocycles. The van der Waals surface area contributed by atoms with Crippen molar-refractivity contribution in [1.29, 1.82) is 0 Å². The molecule has 1 aromatic carbocycles. The van der Waals surface area contributed by atoms with Gasteiger partial charge in [0.15, 0.2) is 6.10 Å². The van der Waals surface area contributed by atoms with Gasteiger partial charge in [-0.1, -0.05) is 11.6 Å². The third-order valence-electron chi connectivity index (χ3n) is 3.37. The van der Waals surface area contributed by atoms with Gasteiger partial charge >= 0.3 is 5.97 Å². The van der Waals surface area contributed by atoms with E-state index in [0.29, 0.717) is 23.2 Å². The molecule has 0 saturated carbocycles. The third kappa shape index (κ3) is 7.15. The zero-order chi connectivity index (χ0) is 19.6. The fourth-order valence-electron chi connectivity index (χ4n) is 2.04. The number of hydrogen-bond acceptors (Lipinski definition) is 6. The predicted octanol–water partition coefficient (Wildman–Crippen LogP) is 3.47. The van der Waals surface area contributed by atoms with Crippen LogP contribution in [-0.4, -0.2) is 36.2 Å². The molecule has 1 atom stereocenters. The highest BCUT2D eigenvalue weighted by molar-refractivity contribution is 6.30. The maximum atomic E-state index is 12.0. The molecule has 0 radical (unpaired) electrons. The van der Waals surface area contributed by atoms with Crippen molar-refractivity contribution in [3.63, 3.8) is 0 Å². The van der Waals surface area contributed by atoms with Gasteiger partial charge in [-0.25, -0.2) is 4.98 Å². The van der Waals surface area contributed by atoms with E-state index in [0.717, 1.165) is 5.75 Å². The molecule has 7 nitrogen and oxygen atoms in total. The molecule has 27 heavy (non-hydrogen) atoms. The molecule has 0 fully saturated rings. The zero-order valence-electron chi connectivity index (χ0n) is 15.1. The van der Waals surface area contributed by atoms with Crippen molar-refractivity contribution < 1.29 is 23.8 Å². The number of nitrogens with zero attached hydrogens (tertiary/aromatic N) is 1. The summed E-state index contributed by atoms with van der Waals surface area (Å²) in [4.78, 5) is 27.8. The van der Waals surface area contributed by atoms with Gasteiger partial charge in [0, 0.05) is 6.20 Å². The maximum Gasteiger partial charge on any atom is 0.310 e. The Morgan fingerprint density at radius 1 is 1.11 bits per heavy atom. The fourth-order valence-corrected chi connectivity index (χ4v) is 2.15. The van der Waals surface area contributed by atoms with Crippen molar-refractivity contribution in [2.45, 2.75) is 26.4 Å². The Morgan fingerprint density at radius 2 is 1.78 bits per heavy atom. The second kappa shape index (κ2) is 10.4. The van der Waals surface area contributed by atoms with Crippen LogP contribution in [0, 0.1) is 0 Å². The molecule has 144 valence electrons. The summed E-state index contributed by atoms with van der Waals surface area (Å²) in [5.74, 6) is 0.675. The molecule has 0 spiro atoms. The largest absolute Gasteiger partial charge is 0.494 e. The van der Waals surface area contributed by atoms with Gasteiger partial charge in [-0.15, -0.1) is 0 Å². The van der Waals surface area contributed by atoms with Crippen LogP contribution < -0.4 is 14.8 Å². The summed E-state index contributed by atoms with van der Waals surface area (Å²) >= 11 is 5.73. The van der Waals surface area contributed by atoms with Crippen molar-refractivity contribution in [1.82, 2.24) is 4.98 Å². The SMILES string of the molecule is CCOc1ccc(OCCC(=O)O[C@@H](C)C(=O)Nc2ccc(Cl)cn2)cc1. The van der Waals surface area contributed by atoms with E-state index in [9.17, 15) is 9.59 Å². The first-order chi connectivity index (χ1) is 13.0. The lowest BCUT2D eigenvalue weighted by molar-refractivity contribution is -0.153. The van der Waals surface area contributed by atoms with Gasteiger partial charge < -0.3 is 19.5 Å². The third-order valence-corrected chi connectivity index (χ3v) is 3.59. The minimum Gasteiger partial charge on any atom is -0.494 e. The van der Waals surface area contributed by atoms with E-state index in [4.69, 9.17) is 25.8 Å². The number of benzene rings is 1. The molecule has 1 heterocycles. The molecular formula is C19H21ClN2O5.